The number of aryl methyl sites for hydroxylation is 1. The van der Waals surface area contributed by atoms with Crippen molar-refractivity contribution in [2.45, 2.75) is 19.9 Å². The number of hydrogen-bond donors (Lipinski definition) is 1. The molecule has 0 radical (unpaired) electrons. The maximum Gasteiger partial charge on any atom is 0.132 e. The van der Waals surface area contributed by atoms with Crippen molar-refractivity contribution in [3.63, 3.8) is 0 Å². The van der Waals surface area contributed by atoms with E-state index in [1.54, 1.807) is 18.3 Å². The van der Waals surface area contributed by atoms with Crippen LogP contribution in [0.1, 0.15) is 29.8 Å². The fourth-order valence-corrected chi connectivity index (χ4v) is 2.26. The standard InChI is InChI=1S/C16H19FN2O/c1-4-18-16(13-6-5-9-19-11(13)2)14-8-7-12(20-3)10-15(14)17/h5-10,16,18H,4H2,1-3H3. The van der Waals surface area contributed by atoms with E-state index in [0.717, 1.165) is 17.8 Å². The lowest BCUT2D eigenvalue weighted by Crippen LogP contribution is -2.24. The zero-order valence-electron chi connectivity index (χ0n) is 12.0. The molecule has 0 saturated heterocycles. The quantitative estimate of drug-likeness (QED) is 0.909. The van der Waals surface area contributed by atoms with Gasteiger partial charge in [-0.3, -0.25) is 4.98 Å². The first-order chi connectivity index (χ1) is 9.67. The molecule has 0 fully saturated rings. The Hall–Kier alpha value is -1.94. The van der Waals surface area contributed by atoms with E-state index in [1.807, 2.05) is 26.0 Å². The normalized spacial score (nSPS) is 12.2. The summed E-state index contributed by atoms with van der Waals surface area (Å²) in [5.74, 6) is 0.239. The van der Waals surface area contributed by atoms with Gasteiger partial charge in [0.05, 0.1) is 13.2 Å². The van der Waals surface area contributed by atoms with Crippen molar-refractivity contribution >= 4 is 0 Å². The van der Waals surface area contributed by atoms with Gasteiger partial charge in [0.15, 0.2) is 0 Å². The van der Waals surface area contributed by atoms with Crippen LogP contribution in [0.15, 0.2) is 36.5 Å². The zero-order valence-corrected chi connectivity index (χ0v) is 12.0. The Kier molecular flexibility index (Phi) is 4.69. The molecule has 1 aromatic carbocycles. The number of aromatic nitrogens is 1. The molecule has 1 N–H and O–H groups in total. The van der Waals surface area contributed by atoms with Gasteiger partial charge in [0, 0.05) is 23.5 Å². The zero-order chi connectivity index (χ0) is 14.5. The highest BCUT2D eigenvalue weighted by molar-refractivity contribution is 5.38. The summed E-state index contributed by atoms with van der Waals surface area (Å²) in [7, 11) is 1.53. The molecule has 2 rings (SSSR count). The number of ether oxygens (including phenoxy) is 1. The van der Waals surface area contributed by atoms with Crippen LogP contribution in [0.25, 0.3) is 0 Å². The molecule has 2 aromatic rings. The van der Waals surface area contributed by atoms with E-state index in [1.165, 1.54) is 13.2 Å². The van der Waals surface area contributed by atoms with Crippen molar-refractivity contribution < 1.29 is 9.13 Å². The van der Waals surface area contributed by atoms with Crippen molar-refractivity contribution in [3.8, 4) is 5.75 Å². The Labute approximate surface area is 118 Å². The fraction of sp³-hybridized carbons (Fsp3) is 0.312. The summed E-state index contributed by atoms with van der Waals surface area (Å²) >= 11 is 0. The topological polar surface area (TPSA) is 34.1 Å². The number of halogens is 1. The lowest BCUT2D eigenvalue weighted by molar-refractivity contribution is 0.410. The van der Waals surface area contributed by atoms with E-state index in [2.05, 4.69) is 10.3 Å². The lowest BCUT2D eigenvalue weighted by Gasteiger charge is -2.21. The number of rotatable bonds is 5. The highest BCUT2D eigenvalue weighted by atomic mass is 19.1. The smallest absolute Gasteiger partial charge is 0.132 e. The number of pyridine rings is 1. The second kappa shape index (κ2) is 6.48. The molecule has 0 aliphatic heterocycles. The van der Waals surface area contributed by atoms with Crippen LogP contribution in [-0.4, -0.2) is 18.6 Å². The molecule has 20 heavy (non-hydrogen) atoms. The summed E-state index contributed by atoms with van der Waals surface area (Å²) in [5, 5.41) is 3.31. The van der Waals surface area contributed by atoms with Gasteiger partial charge in [-0.2, -0.15) is 0 Å². The second-order valence-corrected chi connectivity index (χ2v) is 4.56. The van der Waals surface area contributed by atoms with Crippen LogP contribution in [0.3, 0.4) is 0 Å². The molecular formula is C16H19FN2O. The molecule has 4 heteroatoms. The minimum absolute atomic E-state index is 0.209. The van der Waals surface area contributed by atoms with Gasteiger partial charge < -0.3 is 10.1 Å². The molecule has 1 aromatic heterocycles. The Bertz CT molecular complexity index is 586. The molecule has 0 saturated carbocycles. The highest BCUT2D eigenvalue weighted by Gasteiger charge is 2.19. The van der Waals surface area contributed by atoms with E-state index in [0.29, 0.717) is 11.3 Å². The van der Waals surface area contributed by atoms with Crippen molar-refractivity contribution in [1.82, 2.24) is 10.3 Å². The maximum atomic E-state index is 14.3. The summed E-state index contributed by atoms with van der Waals surface area (Å²) in [4.78, 5) is 4.28. The molecule has 1 heterocycles. The molecule has 106 valence electrons. The molecule has 0 aliphatic rings. The van der Waals surface area contributed by atoms with Gasteiger partial charge in [-0.25, -0.2) is 4.39 Å². The molecule has 3 nitrogen and oxygen atoms in total. The summed E-state index contributed by atoms with van der Waals surface area (Å²) in [6, 6.07) is 8.57. The van der Waals surface area contributed by atoms with Crippen LogP contribution in [0.4, 0.5) is 4.39 Å². The number of benzene rings is 1. The van der Waals surface area contributed by atoms with E-state index in [9.17, 15) is 4.39 Å². The van der Waals surface area contributed by atoms with Gasteiger partial charge in [0.25, 0.3) is 0 Å². The predicted octanol–water partition coefficient (Wildman–Crippen LogP) is 3.24. The molecule has 1 unspecified atom stereocenters. The minimum Gasteiger partial charge on any atom is -0.497 e. The van der Waals surface area contributed by atoms with Gasteiger partial charge >= 0.3 is 0 Å². The van der Waals surface area contributed by atoms with E-state index in [4.69, 9.17) is 4.74 Å². The predicted molar refractivity (Wildman–Crippen MR) is 77.4 cm³/mol. The van der Waals surface area contributed by atoms with Gasteiger partial charge in [-0.15, -0.1) is 0 Å². The molecule has 0 aliphatic carbocycles. The highest BCUT2D eigenvalue weighted by Crippen LogP contribution is 2.28. The average Bonchev–Trinajstić information content (AvgIpc) is 2.46. The summed E-state index contributed by atoms with van der Waals surface area (Å²) in [6.07, 6.45) is 1.74. The van der Waals surface area contributed by atoms with Crippen molar-refractivity contribution in [2.75, 3.05) is 13.7 Å². The SMILES string of the molecule is CCNC(c1ccc(OC)cc1F)c1cccnc1C. The maximum absolute atomic E-state index is 14.3. The van der Waals surface area contributed by atoms with E-state index < -0.39 is 0 Å². The molecule has 0 amide bonds. The average molecular weight is 274 g/mol. The van der Waals surface area contributed by atoms with Crippen molar-refractivity contribution in [2.24, 2.45) is 0 Å². The summed E-state index contributed by atoms with van der Waals surface area (Å²) in [5.41, 5.74) is 2.48. The third kappa shape index (κ3) is 2.96. The van der Waals surface area contributed by atoms with E-state index in [-0.39, 0.29) is 11.9 Å². The second-order valence-electron chi connectivity index (χ2n) is 4.56. The van der Waals surface area contributed by atoms with E-state index >= 15 is 0 Å². The molecule has 0 spiro atoms. The van der Waals surface area contributed by atoms with Crippen LogP contribution in [0, 0.1) is 12.7 Å². The number of nitrogens with one attached hydrogen (secondary N) is 1. The summed E-state index contributed by atoms with van der Waals surface area (Å²) < 4.78 is 19.3. The van der Waals surface area contributed by atoms with Crippen LogP contribution >= 0.6 is 0 Å². The number of hydrogen-bond acceptors (Lipinski definition) is 3. The van der Waals surface area contributed by atoms with Crippen LogP contribution in [0.2, 0.25) is 0 Å². The monoisotopic (exact) mass is 274 g/mol. The van der Waals surface area contributed by atoms with Crippen LogP contribution in [-0.2, 0) is 0 Å². The Morgan fingerprint density at radius 2 is 2.10 bits per heavy atom. The first kappa shape index (κ1) is 14.5. The molecule has 0 bridgehead atoms. The third-order valence-corrected chi connectivity index (χ3v) is 3.29. The Balaban J connectivity index is 2.46. The van der Waals surface area contributed by atoms with Crippen molar-refractivity contribution in [1.29, 1.82) is 0 Å². The van der Waals surface area contributed by atoms with Gasteiger partial charge in [0.1, 0.15) is 11.6 Å². The Morgan fingerprint density at radius 1 is 1.30 bits per heavy atom. The first-order valence-electron chi connectivity index (χ1n) is 6.65. The molecule has 1 atom stereocenters. The van der Waals surface area contributed by atoms with Gasteiger partial charge in [0.2, 0.25) is 0 Å². The number of nitrogens with zero attached hydrogens (tertiary/aromatic N) is 1. The Morgan fingerprint density at radius 3 is 2.70 bits per heavy atom. The third-order valence-electron chi connectivity index (χ3n) is 3.29. The summed E-state index contributed by atoms with van der Waals surface area (Å²) in [6.45, 7) is 4.67. The fourth-order valence-electron chi connectivity index (χ4n) is 2.26. The lowest BCUT2D eigenvalue weighted by atomic mass is 9.97. The number of methoxy groups -OCH3 is 1. The van der Waals surface area contributed by atoms with Gasteiger partial charge in [-0.05, 0) is 31.2 Å². The van der Waals surface area contributed by atoms with Gasteiger partial charge in [-0.1, -0.05) is 19.1 Å². The minimum atomic E-state index is -0.279. The van der Waals surface area contributed by atoms with Crippen LogP contribution in [0.5, 0.6) is 5.75 Å². The van der Waals surface area contributed by atoms with Crippen molar-refractivity contribution in [3.05, 3.63) is 59.2 Å². The first-order valence-corrected chi connectivity index (χ1v) is 6.65. The largest absolute Gasteiger partial charge is 0.497 e. The molecular weight excluding hydrogens is 255 g/mol. The van der Waals surface area contributed by atoms with Crippen LogP contribution < -0.4 is 10.1 Å².